The summed E-state index contributed by atoms with van der Waals surface area (Å²) in [7, 11) is 0. The molecule has 0 saturated heterocycles. The molecule has 2 rings (SSSR count). The second-order valence-electron chi connectivity index (χ2n) is 2.86. The number of anilines is 1. The Bertz CT molecular complexity index is 299. The van der Waals surface area contributed by atoms with E-state index in [-0.39, 0.29) is 0 Å². The molecule has 0 bridgehead atoms. The number of hydrogen-bond donors (Lipinski definition) is 1. The lowest BCUT2D eigenvalue weighted by molar-refractivity contribution is 0.300. The van der Waals surface area contributed by atoms with Crippen LogP contribution < -0.4 is 10.5 Å². The average molecular weight is 276 g/mol. The van der Waals surface area contributed by atoms with Crippen LogP contribution in [-0.4, -0.2) is 11.1 Å². The summed E-state index contributed by atoms with van der Waals surface area (Å²) in [5, 5.41) is 0. The second-order valence-corrected chi connectivity index (χ2v) is 4.02. The molecule has 0 aromatic carbocycles. The number of ether oxygens (including phenoxy) is 1. The molecule has 0 aliphatic heterocycles. The van der Waals surface area contributed by atoms with E-state index in [4.69, 9.17) is 10.5 Å². The van der Waals surface area contributed by atoms with Gasteiger partial charge in [0.15, 0.2) is 5.75 Å². The summed E-state index contributed by atoms with van der Waals surface area (Å²) >= 11 is 2.20. The van der Waals surface area contributed by atoms with E-state index < -0.39 is 0 Å². The molecule has 1 saturated carbocycles. The molecule has 0 spiro atoms. The van der Waals surface area contributed by atoms with Crippen molar-refractivity contribution in [2.45, 2.75) is 18.9 Å². The van der Waals surface area contributed by atoms with E-state index in [9.17, 15) is 0 Å². The first-order valence-electron chi connectivity index (χ1n) is 3.83. The minimum absolute atomic E-state index is 0.420. The minimum Gasteiger partial charge on any atom is -0.488 e. The van der Waals surface area contributed by atoms with Gasteiger partial charge in [0, 0.05) is 0 Å². The Hall–Kier alpha value is -0.520. The smallest absolute Gasteiger partial charge is 0.151 e. The van der Waals surface area contributed by atoms with E-state index >= 15 is 0 Å². The van der Waals surface area contributed by atoms with Gasteiger partial charge in [0.2, 0.25) is 0 Å². The lowest BCUT2D eigenvalue weighted by Crippen LogP contribution is -1.99. The zero-order valence-electron chi connectivity index (χ0n) is 6.46. The van der Waals surface area contributed by atoms with Gasteiger partial charge < -0.3 is 10.5 Å². The molecule has 1 heterocycles. The zero-order valence-corrected chi connectivity index (χ0v) is 8.61. The molecule has 64 valence electrons. The van der Waals surface area contributed by atoms with Gasteiger partial charge >= 0.3 is 0 Å². The van der Waals surface area contributed by atoms with Gasteiger partial charge in [-0.25, -0.2) is 4.98 Å². The van der Waals surface area contributed by atoms with E-state index in [1.807, 2.05) is 6.07 Å². The molecule has 1 aromatic rings. The lowest BCUT2D eigenvalue weighted by Gasteiger charge is -2.05. The van der Waals surface area contributed by atoms with Crippen LogP contribution >= 0.6 is 22.6 Å². The van der Waals surface area contributed by atoms with Gasteiger partial charge in [-0.15, -0.1) is 0 Å². The van der Waals surface area contributed by atoms with Gasteiger partial charge in [0.1, 0.15) is 5.82 Å². The molecular formula is C8H9IN2O. The monoisotopic (exact) mass is 276 g/mol. The van der Waals surface area contributed by atoms with Crippen molar-refractivity contribution in [3.63, 3.8) is 0 Å². The fraction of sp³-hybridized carbons (Fsp3) is 0.375. The summed E-state index contributed by atoms with van der Waals surface area (Å²) in [5.41, 5.74) is 5.50. The molecule has 3 nitrogen and oxygen atoms in total. The summed E-state index contributed by atoms with van der Waals surface area (Å²) in [6, 6.07) is 1.82. The average Bonchev–Trinajstić information content (AvgIpc) is 2.79. The van der Waals surface area contributed by atoms with Gasteiger partial charge in [-0.1, -0.05) is 0 Å². The number of hydrogen-bond acceptors (Lipinski definition) is 3. The number of aromatic nitrogens is 1. The van der Waals surface area contributed by atoms with Gasteiger partial charge in [-0.05, 0) is 41.5 Å². The van der Waals surface area contributed by atoms with Crippen LogP contribution in [0.2, 0.25) is 0 Å². The maximum absolute atomic E-state index is 5.59. The van der Waals surface area contributed by atoms with Crippen LogP contribution in [0.4, 0.5) is 5.82 Å². The third-order valence-electron chi connectivity index (χ3n) is 1.66. The van der Waals surface area contributed by atoms with E-state index in [0.717, 1.165) is 9.32 Å². The molecule has 2 N–H and O–H groups in total. The van der Waals surface area contributed by atoms with E-state index in [1.54, 1.807) is 6.20 Å². The molecule has 0 amide bonds. The highest BCUT2D eigenvalue weighted by Crippen LogP contribution is 2.29. The summed E-state index contributed by atoms with van der Waals surface area (Å²) < 4.78 is 6.62. The van der Waals surface area contributed by atoms with Crippen molar-refractivity contribution in [1.82, 2.24) is 4.98 Å². The lowest BCUT2D eigenvalue weighted by atomic mass is 10.4. The SMILES string of the molecule is Nc1cc(I)c(OC2CC2)cn1. The van der Waals surface area contributed by atoms with Gasteiger partial charge in [-0.3, -0.25) is 0 Å². The third-order valence-corrected chi connectivity index (χ3v) is 2.50. The van der Waals surface area contributed by atoms with Crippen molar-refractivity contribution >= 4 is 28.4 Å². The molecule has 4 heteroatoms. The Morgan fingerprint density at radius 1 is 1.58 bits per heavy atom. The third kappa shape index (κ3) is 1.80. The highest BCUT2D eigenvalue weighted by molar-refractivity contribution is 14.1. The second kappa shape index (κ2) is 3.08. The molecule has 1 aliphatic rings. The molecule has 1 aliphatic carbocycles. The van der Waals surface area contributed by atoms with Crippen LogP contribution in [0.15, 0.2) is 12.3 Å². The fourth-order valence-electron chi connectivity index (χ4n) is 0.885. The van der Waals surface area contributed by atoms with E-state index in [0.29, 0.717) is 11.9 Å². The summed E-state index contributed by atoms with van der Waals surface area (Å²) in [4.78, 5) is 3.97. The number of nitrogens with two attached hydrogens (primary N) is 1. The first-order chi connectivity index (χ1) is 5.75. The van der Waals surface area contributed by atoms with Crippen molar-refractivity contribution in [2.75, 3.05) is 5.73 Å². The summed E-state index contributed by atoms with van der Waals surface area (Å²) in [6.45, 7) is 0. The highest BCUT2D eigenvalue weighted by Gasteiger charge is 2.24. The Labute approximate surface area is 84.5 Å². The maximum Gasteiger partial charge on any atom is 0.151 e. The predicted molar refractivity (Wildman–Crippen MR) is 55.0 cm³/mol. The van der Waals surface area contributed by atoms with Crippen LogP contribution in [0.5, 0.6) is 5.75 Å². The van der Waals surface area contributed by atoms with Crippen molar-refractivity contribution < 1.29 is 4.74 Å². The van der Waals surface area contributed by atoms with Crippen molar-refractivity contribution in [2.24, 2.45) is 0 Å². The molecule has 12 heavy (non-hydrogen) atoms. The zero-order chi connectivity index (χ0) is 8.55. The van der Waals surface area contributed by atoms with Crippen molar-refractivity contribution in [1.29, 1.82) is 0 Å². The number of nitrogens with zero attached hydrogens (tertiary/aromatic N) is 1. The topological polar surface area (TPSA) is 48.1 Å². The molecule has 0 atom stereocenters. The van der Waals surface area contributed by atoms with E-state index in [1.165, 1.54) is 12.8 Å². The Balaban J connectivity index is 2.18. The van der Waals surface area contributed by atoms with Crippen LogP contribution in [0.3, 0.4) is 0 Å². The van der Waals surface area contributed by atoms with Gasteiger partial charge in [0.25, 0.3) is 0 Å². The molecule has 1 fully saturated rings. The van der Waals surface area contributed by atoms with Crippen LogP contribution in [0, 0.1) is 3.57 Å². The molecular weight excluding hydrogens is 267 g/mol. The Morgan fingerprint density at radius 2 is 2.33 bits per heavy atom. The van der Waals surface area contributed by atoms with Crippen LogP contribution in [-0.2, 0) is 0 Å². The Morgan fingerprint density at radius 3 is 2.92 bits per heavy atom. The number of halogens is 1. The first-order valence-corrected chi connectivity index (χ1v) is 4.91. The predicted octanol–water partition coefficient (Wildman–Crippen LogP) is 1.81. The maximum atomic E-state index is 5.59. The molecule has 1 aromatic heterocycles. The van der Waals surface area contributed by atoms with Crippen LogP contribution in [0.25, 0.3) is 0 Å². The van der Waals surface area contributed by atoms with Gasteiger partial charge in [0.05, 0.1) is 15.9 Å². The number of nitrogen functional groups attached to an aromatic ring is 1. The van der Waals surface area contributed by atoms with Gasteiger partial charge in [-0.2, -0.15) is 0 Å². The number of rotatable bonds is 2. The standard InChI is InChI=1S/C8H9IN2O/c9-6-3-8(10)11-4-7(6)12-5-1-2-5/h3-5H,1-2H2,(H2,10,11). The molecule has 0 unspecified atom stereocenters. The van der Waals surface area contributed by atoms with Crippen molar-refractivity contribution in [3.8, 4) is 5.75 Å². The quantitative estimate of drug-likeness (QED) is 0.838. The summed E-state index contributed by atoms with van der Waals surface area (Å²) in [5.74, 6) is 1.40. The largest absolute Gasteiger partial charge is 0.488 e. The minimum atomic E-state index is 0.420. The summed E-state index contributed by atoms with van der Waals surface area (Å²) in [6.07, 6.45) is 4.44. The van der Waals surface area contributed by atoms with Crippen molar-refractivity contribution in [3.05, 3.63) is 15.8 Å². The number of pyridine rings is 1. The fourth-order valence-corrected chi connectivity index (χ4v) is 1.47. The molecule has 0 radical (unpaired) electrons. The highest BCUT2D eigenvalue weighted by atomic mass is 127. The first kappa shape index (κ1) is 8.10. The Kier molecular flexibility index (Phi) is 2.08. The van der Waals surface area contributed by atoms with Crippen LogP contribution in [0.1, 0.15) is 12.8 Å². The van der Waals surface area contributed by atoms with E-state index in [2.05, 4.69) is 27.6 Å². The normalized spacial score (nSPS) is 16.1.